The molecule has 2 aliphatic rings. The van der Waals surface area contributed by atoms with Crippen molar-refractivity contribution in [2.24, 2.45) is 18.9 Å². The van der Waals surface area contributed by atoms with Crippen molar-refractivity contribution in [2.75, 3.05) is 0 Å². The molecule has 0 radical (unpaired) electrons. The van der Waals surface area contributed by atoms with Crippen LogP contribution in [-0.2, 0) is 19.9 Å². The van der Waals surface area contributed by atoms with E-state index in [4.69, 9.17) is 0 Å². The lowest BCUT2D eigenvalue weighted by Gasteiger charge is -2.23. The van der Waals surface area contributed by atoms with Crippen LogP contribution in [0.3, 0.4) is 0 Å². The van der Waals surface area contributed by atoms with Crippen LogP contribution in [0.25, 0.3) is 11.2 Å². The van der Waals surface area contributed by atoms with E-state index in [0.29, 0.717) is 22.9 Å². The van der Waals surface area contributed by atoms with Gasteiger partial charge in [0.25, 0.3) is 5.91 Å². The van der Waals surface area contributed by atoms with Gasteiger partial charge in [-0.25, -0.2) is 9.97 Å². The van der Waals surface area contributed by atoms with Crippen molar-refractivity contribution >= 4 is 17.1 Å². The molecule has 5 heteroatoms. The number of carbonyl (C=O) groups is 1. The number of pyridine rings is 1. The summed E-state index contributed by atoms with van der Waals surface area (Å²) in [6, 6.07) is 10.8. The van der Waals surface area contributed by atoms with E-state index < -0.39 is 0 Å². The number of aromatic nitrogens is 3. The fourth-order valence-electron chi connectivity index (χ4n) is 4.83. The molecule has 1 N–H and O–H groups in total. The lowest BCUT2D eigenvalue weighted by atomic mass is 9.94. The molecule has 5 rings (SSSR count). The third kappa shape index (κ3) is 2.42. The van der Waals surface area contributed by atoms with Gasteiger partial charge in [0.15, 0.2) is 5.65 Å². The lowest BCUT2D eigenvalue weighted by molar-refractivity contribution is 0.0918. The quantitative estimate of drug-likeness (QED) is 0.776. The Morgan fingerprint density at radius 1 is 1.08 bits per heavy atom. The van der Waals surface area contributed by atoms with Crippen LogP contribution >= 0.6 is 0 Å². The number of hydrogen-bond donors (Lipinski definition) is 1. The Labute approximate surface area is 152 Å². The zero-order valence-corrected chi connectivity index (χ0v) is 14.9. The Morgan fingerprint density at radius 2 is 1.77 bits per heavy atom. The number of rotatable bonds is 2. The Hall–Kier alpha value is -2.69. The predicted octanol–water partition coefficient (Wildman–Crippen LogP) is 2.89. The second-order valence-electron chi connectivity index (χ2n) is 7.66. The molecule has 132 valence electrons. The Morgan fingerprint density at radius 3 is 2.46 bits per heavy atom. The van der Waals surface area contributed by atoms with Gasteiger partial charge in [-0.1, -0.05) is 24.3 Å². The predicted molar refractivity (Wildman–Crippen MR) is 99.8 cm³/mol. The number of imidazole rings is 1. The number of carbonyl (C=O) groups excluding carboxylic acids is 1. The van der Waals surface area contributed by atoms with Crippen LogP contribution in [0.4, 0.5) is 0 Å². The molecule has 2 bridgehead atoms. The van der Waals surface area contributed by atoms with E-state index in [0.717, 1.165) is 18.5 Å². The largest absolute Gasteiger partial charge is 0.349 e. The van der Waals surface area contributed by atoms with Crippen molar-refractivity contribution in [3.05, 3.63) is 59.5 Å². The maximum absolute atomic E-state index is 13.1. The van der Waals surface area contributed by atoms with E-state index in [1.165, 1.54) is 24.0 Å². The lowest BCUT2D eigenvalue weighted by Crippen LogP contribution is -2.42. The summed E-state index contributed by atoms with van der Waals surface area (Å²) in [4.78, 5) is 21.8. The van der Waals surface area contributed by atoms with Gasteiger partial charge < -0.3 is 9.88 Å². The highest BCUT2D eigenvalue weighted by molar-refractivity contribution is 6.04. The second-order valence-corrected chi connectivity index (χ2v) is 7.66. The average molecular weight is 346 g/mol. The monoisotopic (exact) mass is 346 g/mol. The molecule has 2 aromatic heterocycles. The summed E-state index contributed by atoms with van der Waals surface area (Å²) in [5.41, 5.74) is 4.95. The molecule has 26 heavy (non-hydrogen) atoms. The van der Waals surface area contributed by atoms with Gasteiger partial charge in [-0.3, -0.25) is 4.79 Å². The normalized spacial score (nSPS) is 24.3. The van der Waals surface area contributed by atoms with Gasteiger partial charge in [0.2, 0.25) is 0 Å². The van der Waals surface area contributed by atoms with Crippen LogP contribution in [0.2, 0.25) is 0 Å². The molecule has 2 atom stereocenters. The van der Waals surface area contributed by atoms with E-state index >= 15 is 0 Å². The van der Waals surface area contributed by atoms with Crippen molar-refractivity contribution in [3.63, 3.8) is 0 Å². The molecule has 2 heterocycles. The van der Waals surface area contributed by atoms with Crippen molar-refractivity contribution < 1.29 is 4.79 Å². The summed E-state index contributed by atoms with van der Waals surface area (Å²) in [6.07, 6.45) is 7.91. The molecular formula is C21H22N4O. The van der Waals surface area contributed by atoms with E-state index in [2.05, 4.69) is 39.6 Å². The topological polar surface area (TPSA) is 59.8 Å². The number of benzene rings is 1. The number of nitrogens with zero attached hydrogens (tertiary/aromatic N) is 3. The summed E-state index contributed by atoms with van der Waals surface area (Å²) < 4.78 is 1.85. The second kappa shape index (κ2) is 5.94. The highest BCUT2D eigenvalue weighted by Gasteiger charge is 2.40. The van der Waals surface area contributed by atoms with Gasteiger partial charge in [0.1, 0.15) is 5.52 Å². The fourth-order valence-corrected chi connectivity index (χ4v) is 4.83. The first-order chi connectivity index (χ1) is 12.7. The van der Waals surface area contributed by atoms with E-state index in [-0.39, 0.29) is 11.9 Å². The van der Waals surface area contributed by atoms with Crippen LogP contribution in [0.15, 0.2) is 42.9 Å². The van der Waals surface area contributed by atoms with Crippen LogP contribution in [0, 0.1) is 11.8 Å². The van der Waals surface area contributed by atoms with Crippen LogP contribution in [0.1, 0.15) is 34.3 Å². The van der Waals surface area contributed by atoms with Gasteiger partial charge in [0, 0.05) is 19.3 Å². The minimum atomic E-state index is -0.0241. The van der Waals surface area contributed by atoms with Crippen molar-refractivity contribution in [2.45, 2.75) is 31.7 Å². The molecule has 0 aliphatic heterocycles. The Kier molecular flexibility index (Phi) is 3.55. The van der Waals surface area contributed by atoms with Gasteiger partial charge in [-0.05, 0) is 54.7 Å². The Balaban J connectivity index is 1.44. The molecule has 0 saturated heterocycles. The van der Waals surface area contributed by atoms with Crippen LogP contribution in [0.5, 0.6) is 0 Å². The van der Waals surface area contributed by atoms with Gasteiger partial charge in [-0.2, -0.15) is 0 Å². The Bertz CT molecular complexity index is 960. The standard InChI is InChI=1S/C21H22N4O/c1-25-12-23-19-17(8-9-22-20(19)25)21(26)24-18-15-6-7-16(18)11-14-5-3-2-4-13(14)10-15/h2-5,8-9,12,15-16,18H,6-7,10-11H2,1H3,(H,24,26)/t15-,16-/m0/s1. The number of fused-ring (bicyclic) bond motifs is 4. The van der Waals surface area contributed by atoms with Crippen LogP contribution < -0.4 is 5.32 Å². The van der Waals surface area contributed by atoms with Gasteiger partial charge in [-0.15, -0.1) is 0 Å². The van der Waals surface area contributed by atoms with E-state index in [1.807, 2.05) is 11.6 Å². The molecule has 0 unspecified atom stereocenters. The summed E-state index contributed by atoms with van der Waals surface area (Å²) in [6.45, 7) is 0. The number of amides is 1. The first-order valence-electron chi connectivity index (χ1n) is 9.34. The van der Waals surface area contributed by atoms with Crippen molar-refractivity contribution in [3.8, 4) is 0 Å². The molecule has 1 aromatic carbocycles. The minimum absolute atomic E-state index is 0.0241. The number of nitrogens with one attached hydrogen (secondary N) is 1. The highest BCUT2D eigenvalue weighted by atomic mass is 16.1. The number of hydrogen-bond acceptors (Lipinski definition) is 3. The van der Waals surface area contributed by atoms with Crippen molar-refractivity contribution in [1.29, 1.82) is 0 Å². The molecule has 1 amide bonds. The molecular weight excluding hydrogens is 324 g/mol. The fraction of sp³-hybridized carbons (Fsp3) is 0.381. The highest BCUT2D eigenvalue weighted by Crippen LogP contribution is 2.40. The molecule has 1 saturated carbocycles. The zero-order valence-electron chi connectivity index (χ0n) is 14.9. The summed E-state index contributed by atoms with van der Waals surface area (Å²) in [5.74, 6) is 1.02. The van der Waals surface area contributed by atoms with E-state index in [9.17, 15) is 4.79 Å². The third-order valence-electron chi connectivity index (χ3n) is 6.15. The van der Waals surface area contributed by atoms with E-state index in [1.54, 1.807) is 18.6 Å². The maximum Gasteiger partial charge on any atom is 0.253 e. The smallest absolute Gasteiger partial charge is 0.253 e. The SMILES string of the molecule is Cn1cnc2c(C(=O)NC3[C@H]4CC[C@H]3Cc3ccccc3C4)ccnc21. The summed E-state index contributed by atoms with van der Waals surface area (Å²) in [7, 11) is 1.90. The summed E-state index contributed by atoms with van der Waals surface area (Å²) >= 11 is 0. The maximum atomic E-state index is 13.1. The summed E-state index contributed by atoms with van der Waals surface area (Å²) in [5, 5.41) is 3.36. The molecule has 2 aliphatic carbocycles. The van der Waals surface area contributed by atoms with Crippen molar-refractivity contribution in [1.82, 2.24) is 19.9 Å². The van der Waals surface area contributed by atoms with Gasteiger partial charge >= 0.3 is 0 Å². The molecule has 3 aromatic rings. The molecule has 0 spiro atoms. The number of aryl methyl sites for hydroxylation is 1. The first-order valence-corrected chi connectivity index (χ1v) is 9.34. The van der Waals surface area contributed by atoms with Crippen LogP contribution in [-0.4, -0.2) is 26.5 Å². The minimum Gasteiger partial charge on any atom is -0.349 e. The first kappa shape index (κ1) is 15.6. The average Bonchev–Trinajstić information content (AvgIpc) is 3.15. The third-order valence-corrected chi connectivity index (χ3v) is 6.15. The molecule has 1 fully saturated rings. The zero-order chi connectivity index (χ0) is 17.7. The van der Waals surface area contributed by atoms with Gasteiger partial charge in [0.05, 0.1) is 11.9 Å². The molecule has 5 nitrogen and oxygen atoms in total.